The molecule has 0 fully saturated rings. The van der Waals surface area contributed by atoms with Crippen LogP contribution in [-0.4, -0.2) is 41.5 Å². The van der Waals surface area contributed by atoms with E-state index in [4.69, 9.17) is 10.5 Å². The van der Waals surface area contributed by atoms with Gasteiger partial charge in [-0.2, -0.15) is 0 Å². The summed E-state index contributed by atoms with van der Waals surface area (Å²) in [6.45, 7) is -0.460. The third-order valence-corrected chi connectivity index (χ3v) is 3.37. The Kier molecular flexibility index (Phi) is 9.39. The SMILES string of the molecule is NC(Cc1ccccc1)C(=O)OCCCC[C@H](CO[N+](=O)[O-])O[N+](=O)[O-]. The number of carbonyl (C=O) groups excluding carboxylic acids is 1. The van der Waals surface area contributed by atoms with Gasteiger partial charge < -0.3 is 20.1 Å². The van der Waals surface area contributed by atoms with Crippen LogP contribution in [-0.2, 0) is 25.6 Å². The molecule has 0 radical (unpaired) electrons. The van der Waals surface area contributed by atoms with Gasteiger partial charge in [-0.15, -0.1) is 20.2 Å². The zero-order valence-corrected chi connectivity index (χ0v) is 14.0. The lowest BCUT2D eigenvalue weighted by molar-refractivity contribution is -0.790. The van der Waals surface area contributed by atoms with Gasteiger partial charge >= 0.3 is 5.97 Å². The summed E-state index contributed by atoms with van der Waals surface area (Å²) in [7, 11) is 0. The van der Waals surface area contributed by atoms with E-state index in [1.165, 1.54) is 0 Å². The zero-order chi connectivity index (χ0) is 19.4. The average molecular weight is 371 g/mol. The number of nitrogens with two attached hydrogens (primary N) is 1. The van der Waals surface area contributed by atoms with Crippen LogP contribution in [0, 0.1) is 20.2 Å². The molecule has 1 aromatic rings. The first-order valence-electron chi connectivity index (χ1n) is 7.93. The van der Waals surface area contributed by atoms with Crippen LogP contribution in [0.1, 0.15) is 24.8 Å². The van der Waals surface area contributed by atoms with Crippen molar-refractivity contribution in [2.75, 3.05) is 13.2 Å². The Labute approximate surface area is 149 Å². The third-order valence-electron chi connectivity index (χ3n) is 3.37. The second-order valence-corrected chi connectivity index (χ2v) is 5.43. The number of carbonyl (C=O) groups is 1. The highest BCUT2D eigenvalue weighted by Crippen LogP contribution is 2.08. The molecule has 0 aliphatic carbocycles. The lowest BCUT2D eigenvalue weighted by atomic mass is 10.1. The van der Waals surface area contributed by atoms with Crippen LogP contribution in [0.5, 0.6) is 0 Å². The van der Waals surface area contributed by atoms with Gasteiger partial charge in [-0.1, -0.05) is 30.3 Å². The molecule has 2 atom stereocenters. The molecule has 11 heteroatoms. The normalized spacial score (nSPS) is 12.7. The molecular weight excluding hydrogens is 350 g/mol. The fourth-order valence-corrected chi connectivity index (χ4v) is 2.14. The predicted octanol–water partition coefficient (Wildman–Crippen LogP) is 1.06. The molecule has 0 amide bonds. The Morgan fingerprint density at radius 3 is 2.42 bits per heavy atom. The van der Waals surface area contributed by atoms with Gasteiger partial charge in [0.05, 0.1) is 6.61 Å². The number of esters is 1. The molecule has 1 rings (SSSR count). The molecule has 1 unspecified atom stereocenters. The molecule has 1 aromatic carbocycles. The Bertz CT molecular complexity index is 584. The number of rotatable bonds is 13. The number of hydrogen-bond acceptors (Lipinski definition) is 9. The quantitative estimate of drug-likeness (QED) is 0.231. The first-order chi connectivity index (χ1) is 12.4. The number of ether oxygens (including phenoxy) is 1. The summed E-state index contributed by atoms with van der Waals surface area (Å²) in [5, 5.41) is 18.4. The minimum atomic E-state index is -1.06. The Morgan fingerprint density at radius 1 is 1.12 bits per heavy atom. The number of hydrogen-bond donors (Lipinski definition) is 1. The van der Waals surface area contributed by atoms with Crippen molar-refractivity contribution in [3.05, 3.63) is 56.1 Å². The molecule has 0 bridgehead atoms. The molecule has 11 nitrogen and oxygen atoms in total. The minimum absolute atomic E-state index is 0.0859. The summed E-state index contributed by atoms with van der Waals surface area (Å²) >= 11 is 0. The molecule has 0 heterocycles. The summed E-state index contributed by atoms with van der Waals surface area (Å²) in [4.78, 5) is 40.6. The van der Waals surface area contributed by atoms with E-state index in [0.717, 1.165) is 5.56 Å². The van der Waals surface area contributed by atoms with Gasteiger partial charge in [0.15, 0.2) is 0 Å². The Balaban J connectivity index is 2.23. The summed E-state index contributed by atoms with van der Waals surface area (Å²) in [6, 6.07) is 8.49. The van der Waals surface area contributed by atoms with Crippen LogP contribution in [0.4, 0.5) is 0 Å². The first-order valence-corrected chi connectivity index (χ1v) is 7.93. The van der Waals surface area contributed by atoms with Crippen LogP contribution in [0.2, 0.25) is 0 Å². The van der Waals surface area contributed by atoms with E-state index >= 15 is 0 Å². The van der Waals surface area contributed by atoms with Crippen molar-refractivity contribution in [2.45, 2.75) is 37.8 Å². The number of benzene rings is 1. The highest BCUT2D eigenvalue weighted by Gasteiger charge is 2.17. The van der Waals surface area contributed by atoms with Crippen molar-refractivity contribution in [3.8, 4) is 0 Å². The van der Waals surface area contributed by atoms with Crippen molar-refractivity contribution < 1.29 is 29.4 Å². The van der Waals surface area contributed by atoms with E-state index in [2.05, 4.69) is 9.68 Å². The highest BCUT2D eigenvalue weighted by atomic mass is 17.0. The van der Waals surface area contributed by atoms with E-state index in [1.807, 2.05) is 30.3 Å². The van der Waals surface area contributed by atoms with E-state index < -0.39 is 34.9 Å². The summed E-state index contributed by atoms with van der Waals surface area (Å²) < 4.78 is 5.06. The largest absolute Gasteiger partial charge is 0.465 e. The Morgan fingerprint density at radius 2 is 1.81 bits per heavy atom. The molecule has 0 spiro atoms. The van der Waals surface area contributed by atoms with Gasteiger partial charge in [0, 0.05) is 0 Å². The smallest absolute Gasteiger partial charge is 0.323 e. The van der Waals surface area contributed by atoms with Crippen molar-refractivity contribution in [1.29, 1.82) is 0 Å². The summed E-state index contributed by atoms with van der Waals surface area (Å²) in [6.07, 6.45) is 0.228. The molecule has 0 aliphatic rings. The fraction of sp³-hybridized carbons (Fsp3) is 0.533. The summed E-state index contributed by atoms with van der Waals surface area (Å²) in [5.74, 6) is -0.538. The molecule has 0 aromatic heterocycles. The van der Waals surface area contributed by atoms with Crippen molar-refractivity contribution in [3.63, 3.8) is 0 Å². The lowest BCUT2D eigenvalue weighted by Gasteiger charge is -2.14. The van der Waals surface area contributed by atoms with Crippen molar-refractivity contribution >= 4 is 5.97 Å². The predicted molar refractivity (Wildman–Crippen MR) is 87.7 cm³/mol. The maximum absolute atomic E-state index is 11.8. The second-order valence-electron chi connectivity index (χ2n) is 5.43. The van der Waals surface area contributed by atoms with Crippen LogP contribution >= 0.6 is 0 Å². The third kappa shape index (κ3) is 9.37. The van der Waals surface area contributed by atoms with Crippen LogP contribution in [0.3, 0.4) is 0 Å². The molecule has 144 valence electrons. The van der Waals surface area contributed by atoms with E-state index in [0.29, 0.717) is 19.3 Å². The number of nitrogens with zero attached hydrogens (tertiary/aromatic N) is 2. The first kappa shape index (κ1) is 21.1. The molecule has 2 N–H and O–H groups in total. The monoisotopic (exact) mass is 371 g/mol. The van der Waals surface area contributed by atoms with Gasteiger partial charge in [0.25, 0.3) is 10.2 Å². The molecule has 0 saturated heterocycles. The molecule has 0 saturated carbocycles. The van der Waals surface area contributed by atoms with Gasteiger partial charge in [-0.25, -0.2) is 0 Å². The highest BCUT2D eigenvalue weighted by molar-refractivity contribution is 5.75. The van der Waals surface area contributed by atoms with Crippen LogP contribution in [0.25, 0.3) is 0 Å². The number of unbranched alkanes of at least 4 members (excludes halogenated alkanes) is 1. The lowest BCUT2D eigenvalue weighted by Crippen LogP contribution is -2.34. The van der Waals surface area contributed by atoms with Gasteiger partial charge in [-0.05, 0) is 31.2 Å². The zero-order valence-electron chi connectivity index (χ0n) is 14.0. The minimum Gasteiger partial charge on any atom is -0.465 e. The average Bonchev–Trinajstić information content (AvgIpc) is 2.59. The van der Waals surface area contributed by atoms with Crippen molar-refractivity contribution in [1.82, 2.24) is 0 Å². The maximum Gasteiger partial charge on any atom is 0.323 e. The molecule has 0 aliphatic heterocycles. The maximum atomic E-state index is 11.8. The Hall–Kier alpha value is -2.95. The van der Waals surface area contributed by atoms with Gasteiger partial charge in [0.1, 0.15) is 18.8 Å². The van der Waals surface area contributed by atoms with Crippen LogP contribution in [0.15, 0.2) is 30.3 Å². The standard InChI is InChI=1S/C15H21N3O8/c16-14(10-12-6-2-1-3-7-12)15(19)24-9-5-4-8-13(26-18(22)23)11-25-17(20)21/h1-3,6-7,13-14H,4-5,8-11,16H2/t13-,14?/m1/s1. The molecule has 26 heavy (non-hydrogen) atoms. The van der Waals surface area contributed by atoms with E-state index in [9.17, 15) is 25.0 Å². The fourth-order valence-electron chi connectivity index (χ4n) is 2.14. The van der Waals surface area contributed by atoms with Gasteiger partial charge in [0.2, 0.25) is 0 Å². The summed E-state index contributed by atoms with van der Waals surface area (Å²) in [5.41, 5.74) is 6.70. The topological polar surface area (TPSA) is 157 Å². The van der Waals surface area contributed by atoms with E-state index in [1.54, 1.807) is 0 Å². The second kappa shape index (κ2) is 11.6. The van der Waals surface area contributed by atoms with Gasteiger partial charge in [-0.3, -0.25) is 4.79 Å². The molecular formula is C15H21N3O8. The van der Waals surface area contributed by atoms with Crippen molar-refractivity contribution in [2.24, 2.45) is 5.73 Å². The van der Waals surface area contributed by atoms with Crippen LogP contribution < -0.4 is 5.73 Å². The van der Waals surface area contributed by atoms with E-state index in [-0.39, 0.29) is 13.0 Å².